The first-order chi connectivity index (χ1) is 21.6. The molecular formula is C34H40N4O7. The molecule has 3 rings (SSSR count). The van der Waals surface area contributed by atoms with E-state index in [0.29, 0.717) is 6.42 Å². The lowest BCUT2D eigenvalue weighted by Gasteiger charge is -2.25. The van der Waals surface area contributed by atoms with Gasteiger partial charge in [0.25, 0.3) is 0 Å². The molecule has 1 heterocycles. The van der Waals surface area contributed by atoms with E-state index in [9.17, 15) is 24.0 Å². The third kappa shape index (κ3) is 12.5. The van der Waals surface area contributed by atoms with Crippen LogP contribution in [-0.4, -0.2) is 47.7 Å². The van der Waals surface area contributed by atoms with Gasteiger partial charge in [-0.1, -0.05) is 80.6 Å². The molecular weight excluding hydrogens is 576 g/mol. The molecule has 45 heavy (non-hydrogen) atoms. The van der Waals surface area contributed by atoms with Crippen molar-refractivity contribution in [2.75, 3.05) is 0 Å². The molecule has 11 heteroatoms. The summed E-state index contributed by atoms with van der Waals surface area (Å²) < 4.78 is 10.4. The Labute approximate surface area is 262 Å². The van der Waals surface area contributed by atoms with E-state index in [1.165, 1.54) is 24.5 Å². The molecule has 0 saturated carbocycles. The van der Waals surface area contributed by atoms with Crippen LogP contribution in [0.2, 0.25) is 0 Å². The normalized spacial score (nSPS) is 13.0. The first-order valence-corrected chi connectivity index (χ1v) is 14.8. The van der Waals surface area contributed by atoms with Gasteiger partial charge in [-0.25, -0.2) is 4.79 Å². The number of ketones is 1. The van der Waals surface area contributed by atoms with Crippen molar-refractivity contribution in [3.05, 3.63) is 108 Å². The molecule has 4 amide bonds. The second-order valence-corrected chi connectivity index (χ2v) is 11.0. The van der Waals surface area contributed by atoms with E-state index in [4.69, 9.17) is 14.9 Å². The molecule has 0 aliphatic rings. The third-order valence-electron chi connectivity index (χ3n) is 6.72. The van der Waals surface area contributed by atoms with Crippen molar-refractivity contribution in [2.45, 2.75) is 64.3 Å². The van der Waals surface area contributed by atoms with Crippen LogP contribution in [0.5, 0.6) is 0 Å². The lowest BCUT2D eigenvalue weighted by Crippen LogP contribution is -2.55. The fourth-order valence-corrected chi connectivity index (χ4v) is 4.44. The van der Waals surface area contributed by atoms with Gasteiger partial charge in [-0.3, -0.25) is 19.2 Å². The molecule has 5 N–H and O–H groups in total. The molecule has 0 fully saturated rings. The van der Waals surface area contributed by atoms with Crippen molar-refractivity contribution in [1.29, 1.82) is 0 Å². The molecule has 0 radical (unpaired) electrons. The number of nitrogens with one attached hydrogen (secondary N) is 3. The fraction of sp³-hybridized carbons (Fsp3) is 0.324. The van der Waals surface area contributed by atoms with Crippen molar-refractivity contribution < 1.29 is 33.1 Å². The molecule has 3 atom stereocenters. The Bertz CT molecular complexity index is 1420. The second-order valence-electron chi connectivity index (χ2n) is 11.0. The van der Waals surface area contributed by atoms with E-state index < -0.39 is 47.7 Å². The van der Waals surface area contributed by atoms with E-state index in [1.807, 2.05) is 74.5 Å². The van der Waals surface area contributed by atoms with Crippen molar-refractivity contribution in [3.8, 4) is 0 Å². The number of amides is 4. The summed E-state index contributed by atoms with van der Waals surface area (Å²) >= 11 is 0. The lowest BCUT2D eigenvalue weighted by atomic mass is 10.0. The zero-order chi connectivity index (χ0) is 32.6. The van der Waals surface area contributed by atoms with E-state index in [-0.39, 0.29) is 37.5 Å². The predicted octanol–water partition coefficient (Wildman–Crippen LogP) is 3.84. The Hall–Kier alpha value is -5.19. The molecule has 0 aliphatic carbocycles. The van der Waals surface area contributed by atoms with E-state index in [0.717, 1.165) is 11.1 Å². The molecule has 11 nitrogen and oxygen atoms in total. The van der Waals surface area contributed by atoms with Gasteiger partial charge in [0.2, 0.25) is 23.5 Å². The third-order valence-corrected chi connectivity index (χ3v) is 6.72. The minimum absolute atomic E-state index is 0.0321. The van der Waals surface area contributed by atoms with Crippen molar-refractivity contribution in [2.24, 2.45) is 11.7 Å². The van der Waals surface area contributed by atoms with E-state index >= 15 is 0 Å². The van der Waals surface area contributed by atoms with Gasteiger partial charge < -0.3 is 30.8 Å². The molecule has 2 aromatic carbocycles. The van der Waals surface area contributed by atoms with Gasteiger partial charge in [-0.15, -0.1) is 0 Å². The van der Waals surface area contributed by atoms with Crippen LogP contribution in [0.3, 0.4) is 0 Å². The molecule has 1 aromatic heterocycles. The number of hydrogen-bond acceptors (Lipinski definition) is 7. The highest BCUT2D eigenvalue weighted by Gasteiger charge is 2.29. The topological polar surface area (TPSA) is 170 Å². The maximum Gasteiger partial charge on any atom is 0.408 e. The summed E-state index contributed by atoms with van der Waals surface area (Å²) in [6.45, 7) is 3.85. The zero-order valence-corrected chi connectivity index (χ0v) is 25.4. The minimum Gasteiger partial charge on any atom is -0.461 e. The van der Waals surface area contributed by atoms with Crippen LogP contribution in [0.4, 0.5) is 4.79 Å². The first-order valence-electron chi connectivity index (χ1n) is 14.8. The Morgan fingerprint density at radius 3 is 2.07 bits per heavy atom. The predicted molar refractivity (Wildman–Crippen MR) is 168 cm³/mol. The summed E-state index contributed by atoms with van der Waals surface area (Å²) in [6, 6.07) is 18.6. The number of primary amides is 1. The van der Waals surface area contributed by atoms with Crippen LogP contribution < -0.4 is 21.7 Å². The van der Waals surface area contributed by atoms with Gasteiger partial charge in [-0.05, 0) is 48.1 Å². The van der Waals surface area contributed by atoms with Crippen molar-refractivity contribution in [1.82, 2.24) is 16.0 Å². The molecule has 3 aromatic rings. The average molecular weight is 617 g/mol. The SMILES string of the molecule is CC(C)C[C@H](NC(=O)OCc1ccccc1)C(=O)N[C@@H](Cc1ccccc1)C(=O)N[C@H](/C=C/C(=O)c1ccco1)CCC(N)=O. The smallest absolute Gasteiger partial charge is 0.408 e. The Morgan fingerprint density at radius 2 is 1.47 bits per heavy atom. The van der Waals surface area contributed by atoms with Crippen molar-refractivity contribution >= 4 is 29.6 Å². The maximum absolute atomic E-state index is 13.6. The Balaban J connectivity index is 1.75. The van der Waals surface area contributed by atoms with E-state index in [2.05, 4.69) is 16.0 Å². The number of nitrogens with two attached hydrogens (primary N) is 1. The summed E-state index contributed by atoms with van der Waals surface area (Å²) in [5.74, 6) is -1.96. The van der Waals surface area contributed by atoms with Crippen LogP contribution in [0.1, 0.15) is 54.8 Å². The average Bonchev–Trinajstić information content (AvgIpc) is 3.56. The lowest BCUT2D eigenvalue weighted by molar-refractivity contribution is -0.130. The van der Waals surface area contributed by atoms with Gasteiger partial charge >= 0.3 is 6.09 Å². The van der Waals surface area contributed by atoms with Crippen LogP contribution in [0, 0.1) is 5.92 Å². The van der Waals surface area contributed by atoms with Gasteiger partial charge in [0, 0.05) is 18.9 Å². The van der Waals surface area contributed by atoms with E-state index in [1.54, 1.807) is 6.07 Å². The molecule has 0 saturated heterocycles. The Morgan fingerprint density at radius 1 is 0.822 bits per heavy atom. The number of furan rings is 1. The number of allylic oxidation sites excluding steroid dienone is 1. The molecule has 0 aliphatic heterocycles. The summed E-state index contributed by atoms with van der Waals surface area (Å²) in [5.41, 5.74) is 6.92. The van der Waals surface area contributed by atoms with Crippen LogP contribution in [-0.2, 0) is 32.1 Å². The van der Waals surface area contributed by atoms with Crippen LogP contribution in [0.15, 0.2) is 95.6 Å². The van der Waals surface area contributed by atoms with Gasteiger partial charge in [0.15, 0.2) is 5.76 Å². The number of ether oxygens (including phenoxy) is 1. The highest BCUT2D eigenvalue weighted by atomic mass is 16.5. The number of carbonyl (C=O) groups is 5. The maximum atomic E-state index is 13.6. The quantitative estimate of drug-likeness (QED) is 0.132. The molecule has 238 valence electrons. The van der Waals surface area contributed by atoms with Crippen LogP contribution in [0.25, 0.3) is 0 Å². The number of hydrogen-bond donors (Lipinski definition) is 4. The zero-order valence-electron chi connectivity index (χ0n) is 25.4. The summed E-state index contributed by atoms with van der Waals surface area (Å²) in [4.78, 5) is 63.8. The van der Waals surface area contributed by atoms with Gasteiger partial charge in [0.05, 0.1) is 6.26 Å². The largest absolute Gasteiger partial charge is 0.461 e. The number of rotatable bonds is 17. The summed E-state index contributed by atoms with van der Waals surface area (Å²) in [7, 11) is 0. The van der Waals surface area contributed by atoms with Crippen LogP contribution >= 0.6 is 0 Å². The Kier molecular flexibility index (Phi) is 13.6. The second kappa shape index (κ2) is 17.8. The molecule has 0 spiro atoms. The number of alkyl carbamates (subject to hydrolysis) is 1. The molecule has 0 unspecified atom stereocenters. The fourth-order valence-electron chi connectivity index (χ4n) is 4.44. The number of carbonyl (C=O) groups excluding carboxylic acids is 5. The molecule has 0 bridgehead atoms. The highest BCUT2D eigenvalue weighted by Crippen LogP contribution is 2.11. The van der Waals surface area contributed by atoms with Crippen molar-refractivity contribution in [3.63, 3.8) is 0 Å². The minimum atomic E-state index is -1.05. The standard InChI is InChI=1S/C34H40N4O7/c1-23(2)20-27(38-34(43)45-22-25-12-7-4-8-13-25)33(42)37-28(21-24-10-5-3-6-11-24)32(41)36-26(16-18-31(35)40)15-17-29(39)30-14-9-19-44-30/h3-15,17,19,23,26-28H,16,18,20-22H2,1-2H3,(H2,35,40)(H,36,41)(H,37,42)(H,38,43)/b17-15+/t26-,27+,28+/m1/s1. The van der Waals surface area contributed by atoms with Gasteiger partial charge in [-0.2, -0.15) is 0 Å². The van der Waals surface area contributed by atoms with Gasteiger partial charge in [0.1, 0.15) is 18.7 Å². The monoisotopic (exact) mass is 616 g/mol. The highest BCUT2D eigenvalue weighted by molar-refractivity contribution is 6.02. The summed E-state index contributed by atoms with van der Waals surface area (Å²) in [5, 5.41) is 8.24. The first kappa shape index (κ1) is 34.3. The summed E-state index contributed by atoms with van der Waals surface area (Å²) in [6.07, 6.45) is 3.83. The number of benzene rings is 2.